The monoisotopic (exact) mass is 193 g/mol. The highest BCUT2D eigenvalue weighted by Gasteiger charge is 2.30. The molecule has 0 radical (unpaired) electrons. The molecule has 0 saturated carbocycles. The fourth-order valence-electron chi connectivity index (χ4n) is 2.26. The molecule has 0 saturated heterocycles. The quantitative estimate of drug-likeness (QED) is 0.719. The molecule has 2 rings (SSSR count). The number of hydrogen-bond donors (Lipinski definition) is 2. The van der Waals surface area contributed by atoms with Crippen LogP contribution in [0.25, 0.3) is 0 Å². The van der Waals surface area contributed by atoms with Crippen molar-refractivity contribution >= 4 is 5.97 Å². The first kappa shape index (κ1) is 9.31. The predicted octanol–water partition coefficient (Wildman–Crippen LogP) is 2.33. The van der Waals surface area contributed by atoms with E-state index in [4.69, 9.17) is 5.11 Å². The van der Waals surface area contributed by atoms with Crippen molar-refractivity contribution in [3.8, 4) is 0 Å². The van der Waals surface area contributed by atoms with Crippen molar-refractivity contribution in [2.24, 2.45) is 0 Å². The third-order valence-corrected chi connectivity index (χ3v) is 3.05. The lowest BCUT2D eigenvalue weighted by Crippen LogP contribution is -2.23. The Morgan fingerprint density at radius 2 is 2.29 bits per heavy atom. The molecule has 1 aromatic rings. The molecule has 0 amide bonds. The van der Waals surface area contributed by atoms with Gasteiger partial charge in [-0.3, -0.25) is 0 Å². The van der Waals surface area contributed by atoms with Crippen LogP contribution in [0.4, 0.5) is 0 Å². The predicted molar refractivity (Wildman–Crippen MR) is 53.7 cm³/mol. The minimum absolute atomic E-state index is 0.0985. The number of H-pyrrole nitrogens is 1. The minimum Gasteiger partial charge on any atom is -0.477 e. The summed E-state index contributed by atoms with van der Waals surface area (Å²) in [6.45, 7) is 4.32. The Balaban J connectivity index is 2.49. The van der Waals surface area contributed by atoms with Gasteiger partial charge in [-0.1, -0.05) is 13.8 Å². The average molecular weight is 193 g/mol. The fraction of sp³-hybridized carbons (Fsp3) is 0.545. The first-order valence-corrected chi connectivity index (χ1v) is 4.96. The lowest BCUT2D eigenvalue weighted by Gasteiger charge is -2.29. The summed E-state index contributed by atoms with van der Waals surface area (Å²) < 4.78 is 0. The molecule has 1 aromatic heterocycles. The van der Waals surface area contributed by atoms with Gasteiger partial charge in [-0.15, -0.1) is 0 Å². The molecule has 3 nitrogen and oxygen atoms in total. The Kier molecular flexibility index (Phi) is 1.91. The van der Waals surface area contributed by atoms with Crippen LogP contribution in [0.2, 0.25) is 0 Å². The van der Waals surface area contributed by atoms with Crippen LogP contribution in [-0.2, 0) is 11.8 Å². The van der Waals surface area contributed by atoms with Crippen LogP contribution >= 0.6 is 0 Å². The van der Waals surface area contributed by atoms with Crippen molar-refractivity contribution in [2.75, 3.05) is 0 Å². The number of carboxylic acids is 1. The number of hydrogen-bond acceptors (Lipinski definition) is 1. The molecule has 14 heavy (non-hydrogen) atoms. The highest BCUT2D eigenvalue weighted by atomic mass is 16.4. The summed E-state index contributed by atoms with van der Waals surface area (Å²) in [4.78, 5) is 13.8. The van der Waals surface area contributed by atoms with E-state index in [1.165, 1.54) is 5.56 Å². The molecule has 3 heteroatoms. The maximum Gasteiger partial charge on any atom is 0.352 e. The number of nitrogens with one attached hydrogen (secondary N) is 1. The zero-order valence-electron chi connectivity index (χ0n) is 8.55. The van der Waals surface area contributed by atoms with Gasteiger partial charge in [-0.25, -0.2) is 4.79 Å². The van der Waals surface area contributed by atoms with Crippen molar-refractivity contribution in [1.82, 2.24) is 4.98 Å². The summed E-state index contributed by atoms with van der Waals surface area (Å²) in [7, 11) is 0. The summed E-state index contributed by atoms with van der Waals surface area (Å²) in [5.41, 5.74) is 2.71. The number of aryl methyl sites for hydroxylation is 1. The minimum atomic E-state index is -0.866. The van der Waals surface area contributed by atoms with Crippen LogP contribution in [0, 0.1) is 0 Å². The Hall–Kier alpha value is -1.25. The van der Waals surface area contributed by atoms with Crippen LogP contribution in [0.1, 0.15) is 48.4 Å². The standard InChI is InChI=1S/C11H15NO2/c1-11(2)5-3-4-7-6-8(10(13)14)12-9(7)11/h6,12H,3-5H2,1-2H3,(H,13,14). The number of aromatic nitrogens is 1. The zero-order chi connectivity index (χ0) is 10.3. The molecule has 1 aliphatic carbocycles. The van der Waals surface area contributed by atoms with E-state index >= 15 is 0 Å². The van der Waals surface area contributed by atoms with E-state index in [2.05, 4.69) is 18.8 Å². The van der Waals surface area contributed by atoms with Crippen LogP contribution in [-0.4, -0.2) is 16.1 Å². The van der Waals surface area contributed by atoms with Gasteiger partial charge in [0.25, 0.3) is 0 Å². The largest absolute Gasteiger partial charge is 0.477 e. The van der Waals surface area contributed by atoms with Crippen molar-refractivity contribution < 1.29 is 9.90 Å². The van der Waals surface area contributed by atoms with Gasteiger partial charge >= 0.3 is 5.97 Å². The number of aromatic carboxylic acids is 1. The molecule has 0 aromatic carbocycles. The summed E-state index contributed by atoms with van der Waals surface area (Å²) in [5, 5.41) is 8.87. The third-order valence-electron chi connectivity index (χ3n) is 3.05. The van der Waals surface area contributed by atoms with Gasteiger partial charge in [0.1, 0.15) is 5.69 Å². The molecule has 0 fully saturated rings. The summed E-state index contributed by atoms with van der Waals surface area (Å²) >= 11 is 0. The average Bonchev–Trinajstić information content (AvgIpc) is 2.48. The topological polar surface area (TPSA) is 53.1 Å². The Labute approximate surface area is 83.1 Å². The van der Waals surface area contributed by atoms with Gasteiger partial charge in [0, 0.05) is 11.1 Å². The maximum absolute atomic E-state index is 10.8. The van der Waals surface area contributed by atoms with Crippen molar-refractivity contribution in [3.63, 3.8) is 0 Å². The van der Waals surface area contributed by atoms with Gasteiger partial charge in [0.15, 0.2) is 0 Å². The van der Waals surface area contributed by atoms with Crippen LogP contribution in [0.15, 0.2) is 6.07 Å². The molecule has 76 valence electrons. The maximum atomic E-state index is 10.8. The van der Waals surface area contributed by atoms with Gasteiger partial charge in [-0.2, -0.15) is 0 Å². The first-order chi connectivity index (χ1) is 6.50. The SMILES string of the molecule is CC1(C)CCCc2cc(C(=O)O)[nH]c21. The molecule has 0 spiro atoms. The lowest BCUT2D eigenvalue weighted by molar-refractivity contribution is 0.0691. The van der Waals surface area contributed by atoms with E-state index in [9.17, 15) is 4.79 Å². The Bertz CT molecular complexity index is 377. The zero-order valence-corrected chi connectivity index (χ0v) is 8.55. The summed E-state index contributed by atoms with van der Waals surface area (Å²) in [5.74, 6) is -0.866. The first-order valence-electron chi connectivity index (χ1n) is 4.96. The number of aromatic amines is 1. The third kappa shape index (κ3) is 1.33. The fourth-order valence-corrected chi connectivity index (χ4v) is 2.26. The molecule has 1 heterocycles. The van der Waals surface area contributed by atoms with Crippen molar-refractivity contribution in [2.45, 2.75) is 38.5 Å². The summed E-state index contributed by atoms with van der Waals surface area (Å²) in [6.07, 6.45) is 3.28. The van der Waals surface area contributed by atoms with E-state index in [0.29, 0.717) is 5.69 Å². The van der Waals surface area contributed by atoms with Crippen LogP contribution in [0.5, 0.6) is 0 Å². The van der Waals surface area contributed by atoms with Crippen molar-refractivity contribution in [3.05, 3.63) is 23.0 Å². The number of carbonyl (C=O) groups is 1. The Morgan fingerprint density at radius 3 is 2.86 bits per heavy atom. The molecule has 0 unspecified atom stereocenters. The second-order valence-corrected chi connectivity index (χ2v) is 4.63. The summed E-state index contributed by atoms with van der Waals surface area (Å²) in [6, 6.07) is 1.78. The van der Waals surface area contributed by atoms with Crippen molar-refractivity contribution in [1.29, 1.82) is 0 Å². The van der Waals surface area contributed by atoms with Crippen LogP contribution < -0.4 is 0 Å². The molecule has 0 atom stereocenters. The normalized spacial score (nSPS) is 19.0. The van der Waals surface area contributed by atoms with Crippen LogP contribution in [0.3, 0.4) is 0 Å². The highest BCUT2D eigenvalue weighted by Crippen LogP contribution is 2.36. The van der Waals surface area contributed by atoms with Gasteiger partial charge in [0.2, 0.25) is 0 Å². The smallest absolute Gasteiger partial charge is 0.352 e. The highest BCUT2D eigenvalue weighted by molar-refractivity contribution is 5.86. The number of rotatable bonds is 1. The second-order valence-electron chi connectivity index (χ2n) is 4.63. The number of fused-ring (bicyclic) bond motifs is 1. The van der Waals surface area contributed by atoms with E-state index in [-0.39, 0.29) is 5.41 Å². The van der Waals surface area contributed by atoms with E-state index < -0.39 is 5.97 Å². The van der Waals surface area contributed by atoms with E-state index in [1.807, 2.05) is 0 Å². The molecule has 2 N–H and O–H groups in total. The van der Waals surface area contributed by atoms with E-state index in [1.54, 1.807) is 6.07 Å². The lowest BCUT2D eigenvalue weighted by atomic mass is 9.77. The molecule has 1 aliphatic rings. The second kappa shape index (κ2) is 2.87. The number of carboxylic acid groups (broad SMARTS) is 1. The molecule has 0 bridgehead atoms. The van der Waals surface area contributed by atoms with Gasteiger partial charge in [-0.05, 0) is 30.9 Å². The molecular formula is C11H15NO2. The van der Waals surface area contributed by atoms with E-state index in [0.717, 1.165) is 25.0 Å². The Morgan fingerprint density at radius 1 is 1.57 bits per heavy atom. The van der Waals surface area contributed by atoms with Gasteiger partial charge in [0.05, 0.1) is 0 Å². The molecular weight excluding hydrogens is 178 g/mol. The van der Waals surface area contributed by atoms with Gasteiger partial charge < -0.3 is 10.1 Å². The molecule has 0 aliphatic heterocycles.